The first-order chi connectivity index (χ1) is 13.9. The molecule has 0 aromatic heterocycles. The number of ether oxygens (including phenoxy) is 5. The van der Waals surface area contributed by atoms with E-state index >= 15 is 0 Å². The lowest BCUT2D eigenvalue weighted by molar-refractivity contribution is 0.168. The van der Waals surface area contributed by atoms with Gasteiger partial charge in [-0.15, -0.1) is 0 Å². The van der Waals surface area contributed by atoms with E-state index in [0.717, 1.165) is 34.1 Å². The second-order valence-corrected chi connectivity index (χ2v) is 7.54. The van der Waals surface area contributed by atoms with Gasteiger partial charge in [-0.2, -0.15) is 0 Å². The number of rotatable bonds is 3. The van der Waals surface area contributed by atoms with Crippen LogP contribution in [-0.2, 0) is 0 Å². The molecule has 158 valence electrons. The van der Waals surface area contributed by atoms with E-state index in [-0.39, 0.29) is 11.7 Å². The molecule has 2 aliphatic heterocycles. The van der Waals surface area contributed by atoms with Gasteiger partial charge >= 0.3 is 0 Å². The molecular formula is C23H30O6. The van der Waals surface area contributed by atoms with E-state index in [2.05, 4.69) is 13.8 Å². The Morgan fingerprint density at radius 2 is 1.21 bits per heavy atom. The lowest BCUT2D eigenvalue weighted by Gasteiger charge is -2.24. The highest BCUT2D eigenvalue weighted by molar-refractivity contribution is 5.56. The predicted molar refractivity (Wildman–Crippen MR) is 111 cm³/mol. The lowest BCUT2D eigenvalue weighted by atomic mass is 10.00. The molecule has 0 saturated carbocycles. The summed E-state index contributed by atoms with van der Waals surface area (Å²) in [6.07, 6.45) is 0. The van der Waals surface area contributed by atoms with Gasteiger partial charge in [0.05, 0.1) is 7.11 Å². The second kappa shape index (κ2) is 9.16. The first-order valence-corrected chi connectivity index (χ1v) is 10.0. The molecule has 4 rings (SSSR count). The minimum Gasteiger partial charge on any atom is -0.508 e. The van der Waals surface area contributed by atoms with Crippen molar-refractivity contribution < 1.29 is 28.8 Å². The van der Waals surface area contributed by atoms with Gasteiger partial charge in [0.25, 0.3) is 0 Å². The summed E-state index contributed by atoms with van der Waals surface area (Å²) in [7, 11) is 1.68. The van der Waals surface area contributed by atoms with Gasteiger partial charge in [-0.25, -0.2) is 0 Å². The molecule has 0 fully saturated rings. The maximum Gasteiger partial charge on any atom is 0.168 e. The highest BCUT2D eigenvalue weighted by Gasteiger charge is 2.22. The Morgan fingerprint density at radius 1 is 0.724 bits per heavy atom. The van der Waals surface area contributed by atoms with Gasteiger partial charge in [0, 0.05) is 11.1 Å². The summed E-state index contributed by atoms with van der Waals surface area (Å²) in [5.74, 6) is 4.84. The number of hydrogen-bond donors (Lipinski definition) is 1. The molecule has 0 atom stereocenters. The number of aromatic hydroxyl groups is 1. The zero-order valence-corrected chi connectivity index (χ0v) is 17.8. The van der Waals surface area contributed by atoms with E-state index in [1.54, 1.807) is 19.2 Å². The van der Waals surface area contributed by atoms with Gasteiger partial charge in [0.15, 0.2) is 23.0 Å². The molecule has 0 unspecified atom stereocenters. The standard InChI is InChI=1S/C12H16O3.C11H14O3/c1-8(2)11-9(13-3)4-5-10-12(11)15-7-6-14-10;1-7(2)10-8(12)3-4-9-11(10)14-6-5-13-9/h4-5,8H,6-7H2,1-3H3;3-4,7,12H,5-6H2,1-2H3. The van der Waals surface area contributed by atoms with Crippen LogP contribution in [0.2, 0.25) is 0 Å². The molecule has 6 nitrogen and oxygen atoms in total. The Balaban J connectivity index is 0.000000166. The zero-order chi connectivity index (χ0) is 21.0. The molecule has 0 bridgehead atoms. The van der Waals surface area contributed by atoms with Crippen LogP contribution in [-0.4, -0.2) is 38.6 Å². The van der Waals surface area contributed by atoms with Crippen molar-refractivity contribution in [3.05, 3.63) is 35.4 Å². The van der Waals surface area contributed by atoms with E-state index in [4.69, 9.17) is 23.7 Å². The van der Waals surface area contributed by atoms with E-state index in [0.29, 0.717) is 38.1 Å². The molecule has 1 N–H and O–H groups in total. The largest absolute Gasteiger partial charge is 0.508 e. The molecule has 0 aliphatic carbocycles. The van der Waals surface area contributed by atoms with Crippen LogP contribution in [0.4, 0.5) is 0 Å². The van der Waals surface area contributed by atoms with E-state index < -0.39 is 0 Å². The minimum atomic E-state index is 0.228. The van der Waals surface area contributed by atoms with Crippen molar-refractivity contribution in [3.63, 3.8) is 0 Å². The number of methoxy groups -OCH3 is 1. The Kier molecular flexibility index (Phi) is 6.62. The average Bonchev–Trinajstić information content (AvgIpc) is 2.72. The van der Waals surface area contributed by atoms with Crippen LogP contribution in [0.25, 0.3) is 0 Å². The quantitative estimate of drug-likeness (QED) is 0.790. The SMILES string of the molecule is CC(C)c1c(O)ccc2c1OCCO2.COc1ccc2c(c1C(C)C)OCCO2. The Hall–Kier alpha value is -2.76. The van der Waals surface area contributed by atoms with E-state index in [1.165, 1.54) is 0 Å². The first-order valence-electron chi connectivity index (χ1n) is 10.0. The van der Waals surface area contributed by atoms with E-state index in [9.17, 15) is 5.11 Å². The van der Waals surface area contributed by atoms with E-state index in [1.807, 2.05) is 26.0 Å². The second-order valence-electron chi connectivity index (χ2n) is 7.54. The molecule has 0 spiro atoms. The van der Waals surface area contributed by atoms with Crippen LogP contribution in [0.15, 0.2) is 24.3 Å². The normalized spacial score (nSPS) is 14.3. The highest BCUT2D eigenvalue weighted by Crippen LogP contribution is 2.43. The summed E-state index contributed by atoms with van der Waals surface area (Å²) in [4.78, 5) is 0. The van der Waals surface area contributed by atoms with Gasteiger partial charge in [-0.3, -0.25) is 0 Å². The van der Waals surface area contributed by atoms with Gasteiger partial charge in [-0.1, -0.05) is 27.7 Å². The van der Waals surface area contributed by atoms with Crippen LogP contribution in [0.1, 0.15) is 50.7 Å². The van der Waals surface area contributed by atoms with Crippen LogP contribution < -0.4 is 23.7 Å². The van der Waals surface area contributed by atoms with Crippen LogP contribution in [0, 0.1) is 0 Å². The number of phenolic OH excluding ortho intramolecular Hbond substituents is 1. The molecule has 0 saturated heterocycles. The summed E-state index contributed by atoms with van der Waals surface area (Å²) >= 11 is 0. The number of fused-ring (bicyclic) bond motifs is 2. The fourth-order valence-corrected chi connectivity index (χ4v) is 3.53. The number of phenols is 1. The molecular weight excluding hydrogens is 372 g/mol. The van der Waals surface area contributed by atoms with Crippen molar-refractivity contribution in [2.24, 2.45) is 0 Å². The summed E-state index contributed by atoms with van der Waals surface area (Å²) < 4.78 is 27.5. The zero-order valence-electron chi connectivity index (χ0n) is 17.8. The summed E-state index contributed by atoms with van der Waals surface area (Å²) in [6, 6.07) is 7.24. The molecule has 2 aromatic rings. The van der Waals surface area contributed by atoms with Crippen molar-refractivity contribution in [1.29, 1.82) is 0 Å². The van der Waals surface area contributed by atoms with Crippen LogP contribution in [0.3, 0.4) is 0 Å². The van der Waals surface area contributed by atoms with Gasteiger partial charge in [-0.05, 0) is 36.1 Å². The molecule has 2 aliphatic rings. The number of benzene rings is 2. The van der Waals surface area contributed by atoms with Gasteiger partial charge < -0.3 is 28.8 Å². The van der Waals surface area contributed by atoms with Crippen molar-refractivity contribution in [2.45, 2.75) is 39.5 Å². The lowest BCUT2D eigenvalue weighted by Crippen LogP contribution is -2.17. The van der Waals surface area contributed by atoms with Crippen molar-refractivity contribution in [3.8, 4) is 34.5 Å². The first kappa shape index (κ1) is 21.0. The Morgan fingerprint density at radius 3 is 1.72 bits per heavy atom. The van der Waals surface area contributed by atoms with Gasteiger partial charge in [0.1, 0.15) is 37.9 Å². The summed E-state index contributed by atoms with van der Waals surface area (Å²) in [5.41, 5.74) is 1.93. The third kappa shape index (κ3) is 4.47. The van der Waals surface area contributed by atoms with Crippen LogP contribution in [0.5, 0.6) is 34.5 Å². The smallest absolute Gasteiger partial charge is 0.168 e. The maximum absolute atomic E-state index is 9.70. The summed E-state index contributed by atoms with van der Waals surface area (Å²) in [6.45, 7) is 10.6. The van der Waals surface area contributed by atoms with Crippen molar-refractivity contribution in [2.75, 3.05) is 33.5 Å². The monoisotopic (exact) mass is 402 g/mol. The Bertz CT molecular complexity index is 844. The maximum atomic E-state index is 9.70. The topological polar surface area (TPSA) is 66.4 Å². The minimum absolute atomic E-state index is 0.228. The fourth-order valence-electron chi connectivity index (χ4n) is 3.53. The molecule has 2 aromatic carbocycles. The molecule has 0 radical (unpaired) electrons. The average molecular weight is 402 g/mol. The van der Waals surface area contributed by atoms with Crippen LogP contribution >= 0.6 is 0 Å². The fraction of sp³-hybridized carbons (Fsp3) is 0.478. The summed E-state index contributed by atoms with van der Waals surface area (Å²) in [5, 5.41) is 9.70. The Labute approximate surface area is 172 Å². The highest BCUT2D eigenvalue weighted by atomic mass is 16.6. The predicted octanol–water partition coefficient (Wildman–Crippen LogP) is 4.88. The molecule has 2 heterocycles. The van der Waals surface area contributed by atoms with Gasteiger partial charge in [0.2, 0.25) is 0 Å². The molecule has 6 heteroatoms. The van der Waals surface area contributed by atoms with Crippen molar-refractivity contribution >= 4 is 0 Å². The molecule has 29 heavy (non-hydrogen) atoms. The number of hydrogen-bond acceptors (Lipinski definition) is 6. The third-order valence-electron chi connectivity index (χ3n) is 4.81. The molecule has 0 amide bonds. The third-order valence-corrected chi connectivity index (χ3v) is 4.81. The van der Waals surface area contributed by atoms with Crippen molar-refractivity contribution in [1.82, 2.24) is 0 Å².